The van der Waals surface area contributed by atoms with Crippen LogP contribution < -0.4 is 9.78 Å². The van der Waals surface area contributed by atoms with Crippen LogP contribution in [0.5, 0.6) is 11.5 Å². The molecule has 0 aliphatic carbocycles. The van der Waals surface area contributed by atoms with Gasteiger partial charge in [-0.15, -0.1) is 0 Å². The van der Waals surface area contributed by atoms with Crippen molar-refractivity contribution < 1.29 is 9.78 Å². The molecule has 0 spiro atoms. The van der Waals surface area contributed by atoms with Crippen molar-refractivity contribution in [2.75, 3.05) is 0 Å². The molecule has 126 valence electrons. The standard InChI is InChI=1S/C24H18O2/c1-3-7-19(8-4-1)21-11-15-23(16-12-21)25-26-24-17-13-22(14-18-24)20-9-5-2-6-10-20/h1-18H. The summed E-state index contributed by atoms with van der Waals surface area (Å²) in [6, 6.07) is 36.2. The molecule has 0 heterocycles. The van der Waals surface area contributed by atoms with Gasteiger partial charge in [-0.25, -0.2) is 0 Å². The minimum Gasteiger partial charge on any atom is -0.290 e. The Morgan fingerprint density at radius 1 is 0.308 bits per heavy atom. The Bertz CT molecular complexity index is 861. The third-order valence-electron chi connectivity index (χ3n) is 4.16. The van der Waals surface area contributed by atoms with E-state index in [0.29, 0.717) is 11.5 Å². The zero-order valence-electron chi connectivity index (χ0n) is 14.2. The second kappa shape index (κ2) is 7.58. The van der Waals surface area contributed by atoms with Gasteiger partial charge in [-0.2, -0.15) is 0 Å². The van der Waals surface area contributed by atoms with Gasteiger partial charge in [0.15, 0.2) is 11.5 Å². The topological polar surface area (TPSA) is 18.5 Å². The van der Waals surface area contributed by atoms with E-state index in [1.807, 2.05) is 84.9 Å². The molecule has 2 heteroatoms. The summed E-state index contributed by atoms with van der Waals surface area (Å²) in [6.45, 7) is 0. The number of rotatable bonds is 5. The van der Waals surface area contributed by atoms with Gasteiger partial charge in [0.05, 0.1) is 0 Å². The van der Waals surface area contributed by atoms with E-state index in [0.717, 1.165) is 11.1 Å². The van der Waals surface area contributed by atoms with Gasteiger partial charge in [-0.05, 0) is 46.5 Å². The van der Waals surface area contributed by atoms with Crippen LogP contribution in [0.2, 0.25) is 0 Å². The van der Waals surface area contributed by atoms with E-state index in [1.54, 1.807) is 0 Å². The van der Waals surface area contributed by atoms with Gasteiger partial charge >= 0.3 is 0 Å². The van der Waals surface area contributed by atoms with Crippen LogP contribution >= 0.6 is 0 Å². The molecule has 0 radical (unpaired) electrons. The minimum atomic E-state index is 0.664. The Morgan fingerprint density at radius 3 is 0.962 bits per heavy atom. The second-order valence-electron chi connectivity index (χ2n) is 5.95. The van der Waals surface area contributed by atoms with Crippen LogP contribution in [0.3, 0.4) is 0 Å². The molecule has 0 amide bonds. The van der Waals surface area contributed by atoms with Gasteiger partial charge in [0.25, 0.3) is 0 Å². The van der Waals surface area contributed by atoms with Gasteiger partial charge in [-0.3, -0.25) is 9.78 Å². The van der Waals surface area contributed by atoms with Gasteiger partial charge < -0.3 is 0 Å². The molecule has 2 nitrogen and oxygen atoms in total. The predicted octanol–water partition coefficient (Wildman–Crippen LogP) is 6.39. The first-order valence-corrected chi connectivity index (χ1v) is 8.54. The molecule has 0 saturated heterocycles. The Morgan fingerprint density at radius 2 is 0.615 bits per heavy atom. The van der Waals surface area contributed by atoms with Crippen LogP contribution in [0.25, 0.3) is 22.3 Å². The zero-order chi connectivity index (χ0) is 17.6. The van der Waals surface area contributed by atoms with Crippen LogP contribution in [0.4, 0.5) is 0 Å². The molecule has 0 N–H and O–H groups in total. The van der Waals surface area contributed by atoms with Crippen LogP contribution in [0.1, 0.15) is 0 Å². The number of hydrogen-bond acceptors (Lipinski definition) is 2. The predicted molar refractivity (Wildman–Crippen MR) is 105 cm³/mol. The summed E-state index contributed by atoms with van der Waals surface area (Å²) in [5, 5.41) is 0. The maximum atomic E-state index is 5.43. The summed E-state index contributed by atoms with van der Waals surface area (Å²) in [4.78, 5) is 10.9. The van der Waals surface area contributed by atoms with Crippen molar-refractivity contribution in [3.63, 3.8) is 0 Å². The molecule has 0 aliphatic rings. The Kier molecular flexibility index (Phi) is 4.66. The van der Waals surface area contributed by atoms with E-state index in [9.17, 15) is 0 Å². The van der Waals surface area contributed by atoms with Crippen molar-refractivity contribution >= 4 is 0 Å². The molecule has 0 unspecified atom stereocenters. The van der Waals surface area contributed by atoms with E-state index in [-0.39, 0.29) is 0 Å². The Balaban J connectivity index is 1.40. The highest BCUT2D eigenvalue weighted by Gasteiger charge is 2.02. The maximum absolute atomic E-state index is 5.43. The van der Waals surface area contributed by atoms with Crippen molar-refractivity contribution in [1.82, 2.24) is 0 Å². The Hall–Kier alpha value is -3.52. The fourth-order valence-corrected chi connectivity index (χ4v) is 2.76. The van der Waals surface area contributed by atoms with Gasteiger partial charge in [0, 0.05) is 0 Å². The third-order valence-corrected chi connectivity index (χ3v) is 4.16. The van der Waals surface area contributed by atoms with E-state index < -0.39 is 0 Å². The lowest BCUT2D eigenvalue weighted by atomic mass is 10.1. The highest BCUT2D eigenvalue weighted by atomic mass is 17.2. The molecule has 0 aliphatic heterocycles. The summed E-state index contributed by atoms with van der Waals surface area (Å²) < 4.78 is 0. The summed E-state index contributed by atoms with van der Waals surface area (Å²) in [6.07, 6.45) is 0. The van der Waals surface area contributed by atoms with Crippen molar-refractivity contribution in [3.05, 3.63) is 109 Å². The molecule has 0 aromatic heterocycles. The zero-order valence-corrected chi connectivity index (χ0v) is 14.2. The van der Waals surface area contributed by atoms with Crippen molar-refractivity contribution in [1.29, 1.82) is 0 Å². The molecule has 0 atom stereocenters. The molecule has 4 aromatic rings. The van der Waals surface area contributed by atoms with E-state index in [2.05, 4.69) is 24.3 Å². The lowest BCUT2D eigenvalue weighted by molar-refractivity contribution is -0.0999. The van der Waals surface area contributed by atoms with Crippen LogP contribution in [-0.2, 0) is 0 Å². The van der Waals surface area contributed by atoms with Crippen LogP contribution in [0, 0.1) is 0 Å². The molecule has 0 bridgehead atoms. The van der Waals surface area contributed by atoms with Gasteiger partial charge in [0.2, 0.25) is 0 Å². The van der Waals surface area contributed by atoms with Gasteiger partial charge in [0.1, 0.15) is 0 Å². The van der Waals surface area contributed by atoms with Gasteiger partial charge in [-0.1, -0.05) is 84.9 Å². The summed E-state index contributed by atoms with van der Waals surface area (Å²) >= 11 is 0. The molecule has 0 saturated carbocycles. The van der Waals surface area contributed by atoms with Crippen molar-refractivity contribution in [2.24, 2.45) is 0 Å². The van der Waals surface area contributed by atoms with Crippen molar-refractivity contribution in [2.45, 2.75) is 0 Å². The average Bonchev–Trinajstić information content (AvgIpc) is 2.74. The van der Waals surface area contributed by atoms with Crippen LogP contribution in [0.15, 0.2) is 109 Å². The first-order chi connectivity index (χ1) is 12.9. The van der Waals surface area contributed by atoms with E-state index in [1.165, 1.54) is 11.1 Å². The molecule has 26 heavy (non-hydrogen) atoms. The quantitative estimate of drug-likeness (QED) is 0.310. The largest absolute Gasteiger partial charge is 0.290 e. The monoisotopic (exact) mass is 338 g/mol. The summed E-state index contributed by atoms with van der Waals surface area (Å²) in [7, 11) is 0. The number of hydrogen-bond donors (Lipinski definition) is 0. The second-order valence-corrected chi connectivity index (χ2v) is 5.95. The fourth-order valence-electron chi connectivity index (χ4n) is 2.76. The lowest BCUT2D eigenvalue weighted by Gasteiger charge is -2.08. The Labute approximate surface area is 153 Å². The van der Waals surface area contributed by atoms with E-state index >= 15 is 0 Å². The molecule has 4 aromatic carbocycles. The molecule has 4 rings (SSSR count). The molecule has 0 fully saturated rings. The lowest BCUT2D eigenvalue weighted by Crippen LogP contribution is -2.00. The summed E-state index contributed by atoms with van der Waals surface area (Å²) in [5.41, 5.74) is 4.64. The minimum absolute atomic E-state index is 0.664. The first-order valence-electron chi connectivity index (χ1n) is 8.54. The fraction of sp³-hybridized carbons (Fsp3) is 0. The summed E-state index contributed by atoms with van der Waals surface area (Å²) in [5.74, 6) is 1.33. The normalized spacial score (nSPS) is 10.3. The first kappa shape index (κ1) is 16.0. The highest BCUT2D eigenvalue weighted by Crippen LogP contribution is 2.24. The maximum Gasteiger partial charge on any atom is 0.178 e. The average molecular weight is 338 g/mol. The SMILES string of the molecule is c1ccc(-c2ccc(OOc3ccc(-c4ccccc4)cc3)cc2)cc1. The molecular weight excluding hydrogens is 320 g/mol. The van der Waals surface area contributed by atoms with E-state index in [4.69, 9.17) is 9.78 Å². The number of benzene rings is 4. The van der Waals surface area contributed by atoms with Crippen molar-refractivity contribution in [3.8, 4) is 33.8 Å². The molecular formula is C24H18O2. The highest BCUT2D eigenvalue weighted by molar-refractivity contribution is 5.64. The van der Waals surface area contributed by atoms with Crippen LogP contribution in [-0.4, -0.2) is 0 Å². The smallest absolute Gasteiger partial charge is 0.178 e. The third kappa shape index (κ3) is 3.76.